The van der Waals surface area contributed by atoms with E-state index in [1.165, 1.54) is 0 Å². The van der Waals surface area contributed by atoms with Crippen molar-refractivity contribution in [3.8, 4) is 0 Å². The molecule has 13 heavy (non-hydrogen) atoms. The van der Waals surface area contributed by atoms with E-state index in [4.69, 9.17) is 0 Å². The maximum atomic E-state index is 9.92. The van der Waals surface area contributed by atoms with Crippen LogP contribution in [0.3, 0.4) is 0 Å². The maximum absolute atomic E-state index is 9.92. The van der Waals surface area contributed by atoms with Gasteiger partial charge >= 0.3 is 0 Å². The van der Waals surface area contributed by atoms with Crippen LogP contribution in [0.5, 0.6) is 0 Å². The first kappa shape index (κ1) is 8.75. The monoisotopic (exact) mass is 180 g/mol. The topological polar surface area (TPSA) is 38.0 Å². The van der Waals surface area contributed by atoms with Crippen LogP contribution in [0.4, 0.5) is 0 Å². The minimum Gasteiger partial charge on any atom is -0.387 e. The summed E-state index contributed by atoms with van der Waals surface area (Å²) in [6.45, 7) is 4.20. The first-order chi connectivity index (χ1) is 6.20. The third kappa shape index (κ3) is 1.61. The van der Waals surface area contributed by atoms with E-state index in [1.807, 2.05) is 4.57 Å². The third-order valence-electron chi connectivity index (χ3n) is 2.62. The van der Waals surface area contributed by atoms with Gasteiger partial charge in [-0.2, -0.15) is 0 Å². The standard InChI is InChI=1S/C10H16N2O/c1-7(2)12-6-11-5-9(12)10(13)8-3-4-8/h5-8,10,13H,3-4H2,1-2H3. The molecule has 1 aliphatic carbocycles. The van der Waals surface area contributed by atoms with Gasteiger partial charge in [0.05, 0.1) is 24.3 Å². The summed E-state index contributed by atoms with van der Waals surface area (Å²) < 4.78 is 2.04. The molecule has 0 aromatic carbocycles. The molecule has 1 atom stereocenters. The molecule has 3 heteroatoms. The Morgan fingerprint density at radius 3 is 2.77 bits per heavy atom. The molecule has 1 aromatic heterocycles. The second-order valence-corrected chi connectivity index (χ2v) is 4.10. The Morgan fingerprint density at radius 1 is 1.54 bits per heavy atom. The van der Waals surface area contributed by atoms with Crippen molar-refractivity contribution < 1.29 is 5.11 Å². The van der Waals surface area contributed by atoms with E-state index < -0.39 is 0 Å². The molecule has 3 nitrogen and oxygen atoms in total. The Bertz CT molecular complexity index is 289. The van der Waals surface area contributed by atoms with Crippen molar-refractivity contribution in [2.24, 2.45) is 5.92 Å². The number of hydrogen-bond donors (Lipinski definition) is 1. The Hall–Kier alpha value is -0.830. The lowest BCUT2D eigenvalue weighted by molar-refractivity contribution is 0.143. The van der Waals surface area contributed by atoms with Crippen LogP contribution in [-0.2, 0) is 0 Å². The molecule has 0 radical (unpaired) electrons. The van der Waals surface area contributed by atoms with Gasteiger partial charge in [-0.25, -0.2) is 4.98 Å². The maximum Gasteiger partial charge on any atom is 0.0983 e. The molecule has 72 valence electrons. The summed E-state index contributed by atoms with van der Waals surface area (Å²) in [6, 6.07) is 0.380. The van der Waals surface area contributed by atoms with Crippen molar-refractivity contribution in [2.45, 2.75) is 38.8 Å². The average molecular weight is 180 g/mol. The molecule has 0 amide bonds. The summed E-state index contributed by atoms with van der Waals surface area (Å²) in [4.78, 5) is 4.08. The first-order valence-electron chi connectivity index (χ1n) is 4.90. The summed E-state index contributed by atoms with van der Waals surface area (Å²) in [5.41, 5.74) is 0.970. The minimum absolute atomic E-state index is 0.301. The highest BCUT2D eigenvalue weighted by atomic mass is 16.3. The van der Waals surface area contributed by atoms with Gasteiger partial charge in [0.15, 0.2) is 0 Å². The van der Waals surface area contributed by atoms with Crippen LogP contribution in [0.15, 0.2) is 12.5 Å². The zero-order valence-electron chi connectivity index (χ0n) is 8.14. The zero-order chi connectivity index (χ0) is 9.42. The molecular weight excluding hydrogens is 164 g/mol. The SMILES string of the molecule is CC(C)n1cncc1C(O)C1CC1. The van der Waals surface area contributed by atoms with Crippen LogP contribution in [0.1, 0.15) is 44.5 Å². The number of aliphatic hydroxyl groups excluding tert-OH is 1. The highest BCUT2D eigenvalue weighted by Gasteiger charge is 2.32. The van der Waals surface area contributed by atoms with E-state index in [2.05, 4.69) is 18.8 Å². The molecule has 1 aromatic rings. The molecular formula is C10H16N2O. The van der Waals surface area contributed by atoms with Crippen molar-refractivity contribution in [1.82, 2.24) is 9.55 Å². The van der Waals surface area contributed by atoms with Crippen molar-refractivity contribution in [3.63, 3.8) is 0 Å². The molecule has 0 bridgehead atoms. The molecule has 1 aliphatic rings. The molecule has 2 rings (SSSR count). The van der Waals surface area contributed by atoms with Crippen LogP contribution < -0.4 is 0 Å². The quantitative estimate of drug-likeness (QED) is 0.771. The highest BCUT2D eigenvalue weighted by Crippen LogP contribution is 2.41. The molecule has 1 heterocycles. The van der Waals surface area contributed by atoms with Gasteiger partial charge in [-0.3, -0.25) is 0 Å². The van der Waals surface area contributed by atoms with Crippen LogP contribution in [0.2, 0.25) is 0 Å². The summed E-state index contributed by atoms with van der Waals surface area (Å²) in [5.74, 6) is 0.481. The largest absolute Gasteiger partial charge is 0.387 e. The Morgan fingerprint density at radius 2 is 2.23 bits per heavy atom. The van der Waals surface area contributed by atoms with E-state index in [1.54, 1.807) is 12.5 Å². The van der Waals surface area contributed by atoms with Gasteiger partial charge < -0.3 is 9.67 Å². The van der Waals surface area contributed by atoms with E-state index in [0.29, 0.717) is 12.0 Å². The van der Waals surface area contributed by atoms with Gasteiger partial charge in [0, 0.05) is 6.04 Å². The van der Waals surface area contributed by atoms with Crippen LogP contribution in [0.25, 0.3) is 0 Å². The van der Waals surface area contributed by atoms with Crippen molar-refractivity contribution in [1.29, 1.82) is 0 Å². The lowest BCUT2D eigenvalue weighted by Gasteiger charge is -2.15. The molecule has 0 aliphatic heterocycles. The summed E-state index contributed by atoms with van der Waals surface area (Å²) in [7, 11) is 0. The predicted molar refractivity (Wildman–Crippen MR) is 50.3 cm³/mol. The van der Waals surface area contributed by atoms with E-state index in [0.717, 1.165) is 18.5 Å². The molecule has 1 unspecified atom stereocenters. The fraction of sp³-hybridized carbons (Fsp3) is 0.700. The normalized spacial score (nSPS) is 19.4. The van der Waals surface area contributed by atoms with Crippen molar-refractivity contribution in [3.05, 3.63) is 18.2 Å². The summed E-state index contributed by atoms with van der Waals surface area (Å²) in [6.07, 6.45) is 5.59. The highest BCUT2D eigenvalue weighted by molar-refractivity contribution is 5.07. The number of rotatable bonds is 3. The number of imidazole rings is 1. The van der Waals surface area contributed by atoms with E-state index >= 15 is 0 Å². The van der Waals surface area contributed by atoms with Crippen molar-refractivity contribution in [2.75, 3.05) is 0 Å². The van der Waals surface area contributed by atoms with Gasteiger partial charge in [-0.05, 0) is 32.6 Å². The Kier molecular flexibility index (Phi) is 2.12. The lowest BCUT2D eigenvalue weighted by Crippen LogP contribution is -2.10. The number of nitrogens with zero attached hydrogens (tertiary/aromatic N) is 2. The van der Waals surface area contributed by atoms with Crippen molar-refractivity contribution >= 4 is 0 Å². The van der Waals surface area contributed by atoms with Gasteiger partial charge in [0.2, 0.25) is 0 Å². The van der Waals surface area contributed by atoms with Crippen LogP contribution in [0, 0.1) is 5.92 Å². The van der Waals surface area contributed by atoms with Gasteiger partial charge in [0.1, 0.15) is 0 Å². The number of aromatic nitrogens is 2. The van der Waals surface area contributed by atoms with Crippen LogP contribution in [-0.4, -0.2) is 14.7 Å². The smallest absolute Gasteiger partial charge is 0.0983 e. The molecule has 0 saturated heterocycles. The van der Waals surface area contributed by atoms with E-state index in [-0.39, 0.29) is 6.10 Å². The van der Waals surface area contributed by atoms with E-state index in [9.17, 15) is 5.11 Å². The molecule has 1 fully saturated rings. The fourth-order valence-electron chi connectivity index (χ4n) is 1.63. The second-order valence-electron chi connectivity index (χ2n) is 4.10. The van der Waals surface area contributed by atoms with Gasteiger partial charge in [-0.1, -0.05) is 0 Å². The molecule has 0 spiro atoms. The third-order valence-corrected chi connectivity index (χ3v) is 2.62. The Balaban J connectivity index is 2.22. The first-order valence-corrected chi connectivity index (χ1v) is 4.90. The second kappa shape index (κ2) is 3.14. The molecule has 1 saturated carbocycles. The van der Waals surface area contributed by atoms with Crippen LogP contribution >= 0.6 is 0 Å². The average Bonchev–Trinajstić information content (AvgIpc) is 2.80. The number of hydrogen-bond acceptors (Lipinski definition) is 2. The zero-order valence-corrected chi connectivity index (χ0v) is 8.14. The van der Waals surface area contributed by atoms with Gasteiger partial charge in [-0.15, -0.1) is 0 Å². The summed E-state index contributed by atoms with van der Waals surface area (Å²) in [5, 5.41) is 9.92. The predicted octanol–water partition coefficient (Wildman–Crippen LogP) is 1.91. The Labute approximate surface area is 78.4 Å². The van der Waals surface area contributed by atoms with Gasteiger partial charge in [0.25, 0.3) is 0 Å². The molecule has 1 N–H and O–H groups in total. The minimum atomic E-state index is -0.301. The summed E-state index contributed by atoms with van der Waals surface area (Å²) >= 11 is 0. The number of aliphatic hydroxyl groups is 1. The lowest BCUT2D eigenvalue weighted by atomic mass is 10.1. The fourth-order valence-corrected chi connectivity index (χ4v) is 1.63.